The zero-order chi connectivity index (χ0) is 21.3. The van der Waals surface area contributed by atoms with Crippen LogP contribution in [0.25, 0.3) is 0 Å². The number of carbonyl (C=O) groups excluding carboxylic acids is 1. The Labute approximate surface area is 179 Å². The maximum atomic E-state index is 13.9. The number of likely N-dealkylation sites (tertiary alicyclic amines) is 1. The molecule has 1 fully saturated rings. The number of rotatable bonds is 5. The quantitative estimate of drug-likeness (QED) is 0.758. The third-order valence-corrected chi connectivity index (χ3v) is 6.58. The Morgan fingerprint density at radius 1 is 1.23 bits per heavy atom. The molecular weight excluding hydrogens is 376 g/mol. The number of hydrogen-bond acceptors (Lipinski definition) is 5. The zero-order valence-corrected chi connectivity index (χ0v) is 18.7. The molecule has 2 aromatic heterocycles. The van der Waals surface area contributed by atoms with E-state index in [9.17, 15) is 4.79 Å². The molecule has 0 saturated carbocycles. The number of piperidine rings is 1. The molecule has 2 aliphatic rings. The van der Waals surface area contributed by atoms with Crippen LogP contribution in [0.1, 0.15) is 55.7 Å². The molecule has 30 heavy (non-hydrogen) atoms. The Bertz CT molecular complexity index is 854. The van der Waals surface area contributed by atoms with Crippen molar-refractivity contribution in [2.24, 2.45) is 0 Å². The molecule has 0 aliphatic carbocycles. The highest BCUT2D eigenvalue weighted by atomic mass is 16.2. The van der Waals surface area contributed by atoms with Gasteiger partial charge in [0.2, 0.25) is 5.91 Å². The first-order valence-electron chi connectivity index (χ1n) is 11.1. The number of aromatic nitrogens is 3. The number of amides is 1. The van der Waals surface area contributed by atoms with Crippen molar-refractivity contribution >= 4 is 5.91 Å². The van der Waals surface area contributed by atoms with Crippen LogP contribution in [0.15, 0.2) is 30.9 Å². The molecule has 7 heteroatoms. The van der Waals surface area contributed by atoms with Gasteiger partial charge in [-0.1, -0.05) is 6.07 Å². The van der Waals surface area contributed by atoms with Gasteiger partial charge < -0.3 is 14.4 Å². The van der Waals surface area contributed by atoms with Crippen LogP contribution in [0.4, 0.5) is 0 Å². The highest BCUT2D eigenvalue weighted by Gasteiger charge is 2.40. The van der Waals surface area contributed by atoms with Gasteiger partial charge in [-0.3, -0.25) is 14.7 Å². The van der Waals surface area contributed by atoms with Gasteiger partial charge >= 0.3 is 0 Å². The van der Waals surface area contributed by atoms with E-state index in [2.05, 4.69) is 63.2 Å². The Hall–Kier alpha value is -2.25. The van der Waals surface area contributed by atoms with Crippen LogP contribution in [0.2, 0.25) is 0 Å². The van der Waals surface area contributed by atoms with E-state index >= 15 is 0 Å². The predicted molar refractivity (Wildman–Crippen MR) is 117 cm³/mol. The lowest BCUT2D eigenvalue weighted by atomic mass is 9.97. The molecule has 4 heterocycles. The van der Waals surface area contributed by atoms with E-state index in [-0.39, 0.29) is 18.0 Å². The summed E-state index contributed by atoms with van der Waals surface area (Å²) in [7, 11) is 4.26. The Balaban J connectivity index is 1.63. The molecule has 0 radical (unpaired) electrons. The first-order valence-corrected chi connectivity index (χ1v) is 11.1. The van der Waals surface area contributed by atoms with Crippen LogP contribution >= 0.6 is 0 Å². The van der Waals surface area contributed by atoms with E-state index in [0.717, 1.165) is 62.4 Å². The van der Waals surface area contributed by atoms with E-state index in [4.69, 9.17) is 0 Å². The molecule has 0 spiro atoms. The van der Waals surface area contributed by atoms with E-state index in [1.807, 2.05) is 18.6 Å². The molecule has 1 unspecified atom stereocenters. The van der Waals surface area contributed by atoms with Gasteiger partial charge in [-0.05, 0) is 52.4 Å². The molecule has 0 aromatic carbocycles. The third kappa shape index (κ3) is 4.14. The van der Waals surface area contributed by atoms with Crippen LogP contribution in [0, 0.1) is 0 Å². The van der Waals surface area contributed by atoms with Crippen molar-refractivity contribution < 1.29 is 4.79 Å². The number of pyridine rings is 1. The number of imidazole rings is 1. The van der Waals surface area contributed by atoms with Gasteiger partial charge in [0.05, 0.1) is 17.7 Å². The molecule has 1 saturated heterocycles. The maximum Gasteiger partial charge on any atom is 0.246 e. The molecule has 2 aromatic rings. The minimum absolute atomic E-state index is 0.222. The molecule has 0 N–H and O–H groups in total. The Morgan fingerprint density at radius 2 is 2.00 bits per heavy atom. The number of nitrogens with zero attached hydrogens (tertiary/aromatic N) is 6. The minimum Gasteiger partial charge on any atom is -0.341 e. The van der Waals surface area contributed by atoms with Crippen molar-refractivity contribution in [1.82, 2.24) is 29.2 Å². The van der Waals surface area contributed by atoms with Gasteiger partial charge in [-0.2, -0.15) is 0 Å². The van der Waals surface area contributed by atoms with Gasteiger partial charge in [0, 0.05) is 57.1 Å². The molecule has 162 valence electrons. The fraction of sp³-hybridized carbons (Fsp3) is 0.609. The fourth-order valence-corrected chi connectivity index (χ4v) is 4.81. The monoisotopic (exact) mass is 410 g/mol. The van der Waals surface area contributed by atoms with Crippen molar-refractivity contribution in [3.8, 4) is 0 Å². The van der Waals surface area contributed by atoms with Crippen LogP contribution in [0.5, 0.6) is 0 Å². The summed E-state index contributed by atoms with van der Waals surface area (Å²) in [5, 5.41) is 0. The third-order valence-electron chi connectivity index (χ3n) is 6.58. The van der Waals surface area contributed by atoms with Crippen LogP contribution < -0.4 is 0 Å². The van der Waals surface area contributed by atoms with Gasteiger partial charge in [-0.15, -0.1) is 0 Å². The van der Waals surface area contributed by atoms with Gasteiger partial charge in [0.25, 0.3) is 0 Å². The summed E-state index contributed by atoms with van der Waals surface area (Å²) in [4.78, 5) is 29.5. The van der Waals surface area contributed by atoms with Crippen molar-refractivity contribution in [2.45, 2.75) is 57.8 Å². The van der Waals surface area contributed by atoms with Gasteiger partial charge in [-0.25, -0.2) is 4.98 Å². The molecule has 4 rings (SSSR count). The second-order valence-electron chi connectivity index (χ2n) is 9.08. The molecule has 1 atom stereocenters. The molecule has 1 amide bonds. The fourth-order valence-electron chi connectivity index (χ4n) is 4.81. The average molecular weight is 411 g/mol. The van der Waals surface area contributed by atoms with E-state index in [1.165, 1.54) is 0 Å². The van der Waals surface area contributed by atoms with Crippen LogP contribution in [-0.4, -0.2) is 74.9 Å². The largest absolute Gasteiger partial charge is 0.341 e. The lowest BCUT2D eigenvalue weighted by Gasteiger charge is -2.41. The Kier molecular flexibility index (Phi) is 6.20. The number of hydrogen-bond donors (Lipinski definition) is 0. The lowest BCUT2D eigenvalue weighted by Crippen LogP contribution is -2.50. The summed E-state index contributed by atoms with van der Waals surface area (Å²) in [5.41, 5.74) is 3.30. The highest BCUT2D eigenvalue weighted by Crippen LogP contribution is 2.34. The first-order chi connectivity index (χ1) is 14.5. The summed E-state index contributed by atoms with van der Waals surface area (Å²) < 4.78 is 2.19. The van der Waals surface area contributed by atoms with E-state index < -0.39 is 0 Å². The first kappa shape index (κ1) is 21.0. The van der Waals surface area contributed by atoms with Crippen molar-refractivity contribution in [1.29, 1.82) is 0 Å². The standard InChI is InChI=1S/C23H34N6O/c1-17(2)29-16-25-20-9-13-28(15-18-6-5-10-24-14-18)22(21(20)29)23(30)27-11-7-19(8-12-27)26(3)4/h5-6,10,14,16-17,19,22H,7-9,11-13,15H2,1-4H3. The number of fused-ring (bicyclic) bond motifs is 1. The topological polar surface area (TPSA) is 57.5 Å². The van der Waals surface area contributed by atoms with Crippen molar-refractivity contribution in [3.05, 3.63) is 47.8 Å². The summed E-state index contributed by atoms with van der Waals surface area (Å²) in [5.74, 6) is 0.222. The van der Waals surface area contributed by atoms with E-state index in [1.54, 1.807) is 6.20 Å². The molecule has 2 aliphatic heterocycles. The average Bonchev–Trinajstić information content (AvgIpc) is 3.18. The molecule has 0 bridgehead atoms. The van der Waals surface area contributed by atoms with Crippen LogP contribution in [-0.2, 0) is 17.8 Å². The normalized spacial score (nSPS) is 20.7. The summed E-state index contributed by atoms with van der Waals surface area (Å²) >= 11 is 0. The minimum atomic E-state index is -0.283. The van der Waals surface area contributed by atoms with Gasteiger partial charge in [0.1, 0.15) is 6.04 Å². The predicted octanol–water partition coefficient (Wildman–Crippen LogP) is 2.51. The van der Waals surface area contributed by atoms with Crippen molar-refractivity contribution in [2.75, 3.05) is 33.7 Å². The SMILES string of the molecule is CC(C)n1cnc2c1C(C(=O)N1CCC(N(C)C)CC1)N(Cc1cccnc1)CC2. The molecule has 7 nitrogen and oxygen atoms in total. The summed E-state index contributed by atoms with van der Waals surface area (Å²) in [6, 6.07) is 4.60. The lowest BCUT2D eigenvalue weighted by molar-refractivity contribution is -0.139. The molecular formula is C23H34N6O. The summed E-state index contributed by atoms with van der Waals surface area (Å²) in [6.07, 6.45) is 8.56. The van der Waals surface area contributed by atoms with Crippen LogP contribution in [0.3, 0.4) is 0 Å². The van der Waals surface area contributed by atoms with Gasteiger partial charge in [0.15, 0.2) is 0 Å². The zero-order valence-electron chi connectivity index (χ0n) is 18.7. The highest BCUT2D eigenvalue weighted by molar-refractivity contribution is 5.83. The number of carbonyl (C=O) groups is 1. The summed E-state index contributed by atoms with van der Waals surface area (Å²) in [6.45, 7) is 7.52. The second-order valence-corrected chi connectivity index (χ2v) is 9.08. The van der Waals surface area contributed by atoms with Crippen molar-refractivity contribution in [3.63, 3.8) is 0 Å². The Morgan fingerprint density at radius 3 is 2.63 bits per heavy atom. The second kappa shape index (κ2) is 8.86. The van der Waals surface area contributed by atoms with E-state index in [0.29, 0.717) is 6.04 Å². The maximum absolute atomic E-state index is 13.9. The smallest absolute Gasteiger partial charge is 0.246 e.